The standard InChI is InChI=1S/C18H21N3O3S/c1-2-24-17(23)9-15-12-25-18(19-15)20-16(22)11-21-8-7-13-5-3-4-6-14(13)10-21/h3-6,12H,2,7-11H2,1H3,(H,19,20,22). The Morgan fingerprint density at radius 3 is 2.92 bits per heavy atom. The number of esters is 1. The Hall–Kier alpha value is -2.25. The van der Waals surface area contributed by atoms with Gasteiger partial charge in [0.15, 0.2) is 5.13 Å². The van der Waals surface area contributed by atoms with E-state index in [4.69, 9.17) is 4.74 Å². The largest absolute Gasteiger partial charge is 0.466 e. The third kappa shape index (κ3) is 4.87. The Kier molecular flexibility index (Phi) is 5.78. The highest BCUT2D eigenvalue weighted by molar-refractivity contribution is 7.13. The van der Waals surface area contributed by atoms with Crippen molar-refractivity contribution in [3.8, 4) is 0 Å². The summed E-state index contributed by atoms with van der Waals surface area (Å²) in [6.07, 6.45) is 1.09. The molecule has 0 radical (unpaired) electrons. The number of nitrogens with one attached hydrogen (secondary N) is 1. The van der Waals surface area contributed by atoms with Crippen LogP contribution in [-0.4, -0.2) is 41.5 Å². The summed E-state index contributed by atoms with van der Waals surface area (Å²) in [5, 5.41) is 5.10. The van der Waals surface area contributed by atoms with E-state index in [0.717, 1.165) is 19.5 Å². The molecule has 7 heteroatoms. The second-order valence-electron chi connectivity index (χ2n) is 5.90. The van der Waals surface area contributed by atoms with Gasteiger partial charge in [0.05, 0.1) is 25.3 Å². The maximum Gasteiger partial charge on any atom is 0.311 e. The van der Waals surface area contributed by atoms with E-state index in [9.17, 15) is 9.59 Å². The second kappa shape index (κ2) is 8.22. The molecule has 0 fully saturated rings. The fourth-order valence-corrected chi connectivity index (χ4v) is 3.58. The molecule has 0 saturated carbocycles. The van der Waals surface area contributed by atoms with Crippen LogP contribution in [0.4, 0.5) is 5.13 Å². The molecule has 132 valence electrons. The number of carbonyl (C=O) groups excluding carboxylic acids is 2. The number of fused-ring (bicyclic) bond motifs is 1. The first-order valence-corrected chi connectivity index (χ1v) is 9.21. The van der Waals surface area contributed by atoms with Crippen LogP contribution in [-0.2, 0) is 33.7 Å². The molecule has 2 aromatic rings. The minimum absolute atomic E-state index is 0.0867. The highest BCUT2D eigenvalue weighted by Gasteiger charge is 2.18. The number of thiazole rings is 1. The summed E-state index contributed by atoms with van der Waals surface area (Å²) >= 11 is 1.32. The van der Waals surface area contributed by atoms with Crippen LogP contribution in [0.1, 0.15) is 23.7 Å². The Balaban J connectivity index is 1.50. The molecule has 0 bridgehead atoms. The lowest BCUT2D eigenvalue weighted by Gasteiger charge is -2.27. The summed E-state index contributed by atoms with van der Waals surface area (Å²) in [4.78, 5) is 30.1. The molecular formula is C18H21N3O3S. The number of hydrogen-bond donors (Lipinski definition) is 1. The lowest BCUT2D eigenvalue weighted by atomic mass is 10.00. The molecule has 1 aromatic carbocycles. The third-order valence-electron chi connectivity index (χ3n) is 4.01. The monoisotopic (exact) mass is 359 g/mol. The highest BCUT2D eigenvalue weighted by atomic mass is 32.1. The van der Waals surface area contributed by atoms with E-state index in [1.54, 1.807) is 12.3 Å². The van der Waals surface area contributed by atoms with Crippen LogP contribution in [0.5, 0.6) is 0 Å². The van der Waals surface area contributed by atoms with Crippen molar-refractivity contribution in [2.75, 3.05) is 25.0 Å². The summed E-state index contributed by atoms with van der Waals surface area (Å²) in [6.45, 7) is 4.11. The molecule has 1 aliphatic rings. The topological polar surface area (TPSA) is 71.5 Å². The zero-order chi connectivity index (χ0) is 17.6. The number of aromatic nitrogens is 1. The van der Waals surface area contributed by atoms with E-state index in [1.807, 2.05) is 6.07 Å². The van der Waals surface area contributed by atoms with E-state index < -0.39 is 0 Å². The number of ether oxygens (including phenoxy) is 1. The van der Waals surface area contributed by atoms with Crippen LogP contribution in [0.3, 0.4) is 0 Å². The molecule has 0 saturated heterocycles. The van der Waals surface area contributed by atoms with E-state index in [1.165, 1.54) is 22.5 Å². The summed E-state index contributed by atoms with van der Waals surface area (Å²) in [6, 6.07) is 8.34. The number of anilines is 1. The molecule has 3 rings (SSSR count). The number of carbonyl (C=O) groups is 2. The van der Waals surface area contributed by atoms with Gasteiger partial charge in [-0.2, -0.15) is 0 Å². The van der Waals surface area contributed by atoms with Gasteiger partial charge >= 0.3 is 5.97 Å². The van der Waals surface area contributed by atoms with Crippen LogP contribution in [0.25, 0.3) is 0 Å². The molecule has 0 unspecified atom stereocenters. The first-order chi connectivity index (χ1) is 12.1. The van der Waals surface area contributed by atoms with Crippen LogP contribution in [0.15, 0.2) is 29.6 Å². The summed E-state index contributed by atoms with van der Waals surface area (Å²) in [7, 11) is 0. The number of benzene rings is 1. The molecular weight excluding hydrogens is 338 g/mol. The molecule has 6 nitrogen and oxygen atoms in total. The first-order valence-electron chi connectivity index (χ1n) is 8.33. The molecule has 0 aliphatic carbocycles. The van der Waals surface area contributed by atoms with Gasteiger partial charge in [-0.3, -0.25) is 14.5 Å². The molecule has 0 spiro atoms. The Morgan fingerprint density at radius 1 is 1.32 bits per heavy atom. The van der Waals surface area contributed by atoms with Crippen LogP contribution in [0.2, 0.25) is 0 Å². The number of rotatable bonds is 6. The van der Waals surface area contributed by atoms with Gasteiger partial charge < -0.3 is 10.1 Å². The molecule has 25 heavy (non-hydrogen) atoms. The molecule has 1 N–H and O–H groups in total. The minimum atomic E-state index is -0.308. The molecule has 0 atom stereocenters. The van der Waals surface area contributed by atoms with E-state index in [-0.39, 0.29) is 18.3 Å². The maximum absolute atomic E-state index is 12.2. The van der Waals surface area contributed by atoms with Crippen molar-refractivity contribution in [1.82, 2.24) is 9.88 Å². The van der Waals surface area contributed by atoms with Crippen LogP contribution in [0, 0.1) is 0 Å². The average molecular weight is 359 g/mol. The van der Waals surface area contributed by atoms with Crippen LogP contribution >= 0.6 is 11.3 Å². The lowest BCUT2D eigenvalue weighted by molar-refractivity contribution is -0.142. The van der Waals surface area contributed by atoms with Gasteiger partial charge in [0.2, 0.25) is 5.91 Å². The summed E-state index contributed by atoms with van der Waals surface area (Å²) in [5.41, 5.74) is 3.26. The number of hydrogen-bond acceptors (Lipinski definition) is 6. The fourth-order valence-electron chi connectivity index (χ4n) is 2.86. The van der Waals surface area contributed by atoms with Gasteiger partial charge in [-0.05, 0) is 24.5 Å². The van der Waals surface area contributed by atoms with Gasteiger partial charge in [0.25, 0.3) is 0 Å². The van der Waals surface area contributed by atoms with Gasteiger partial charge in [-0.25, -0.2) is 4.98 Å². The first kappa shape index (κ1) is 17.6. The third-order valence-corrected chi connectivity index (χ3v) is 4.81. The quantitative estimate of drug-likeness (QED) is 0.801. The molecule has 1 aromatic heterocycles. The fraction of sp³-hybridized carbons (Fsp3) is 0.389. The normalized spacial score (nSPS) is 14.0. The predicted octanol–water partition coefficient (Wildman–Crippen LogP) is 2.25. The van der Waals surface area contributed by atoms with Crippen molar-refractivity contribution in [3.05, 3.63) is 46.5 Å². The average Bonchev–Trinajstić information content (AvgIpc) is 3.01. The Bertz CT molecular complexity index is 760. The van der Waals surface area contributed by atoms with Crippen molar-refractivity contribution >= 4 is 28.3 Å². The summed E-state index contributed by atoms with van der Waals surface area (Å²) in [5.74, 6) is -0.394. The van der Waals surface area contributed by atoms with Crippen molar-refractivity contribution in [2.45, 2.75) is 26.3 Å². The van der Waals surface area contributed by atoms with Gasteiger partial charge in [0.1, 0.15) is 0 Å². The Morgan fingerprint density at radius 2 is 2.12 bits per heavy atom. The van der Waals surface area contributed by atoms with Crippen molar-refractivity contribution < 1.29 is 14.3 Å². The van der Waals surface area contributed by atoms with Gasteiger partial charge in [-0.15, -0.1) is 11.3 Å². The Labute approximate surface area is 150 Å². The van der Waals surface area contributed by atoms with Crippen LogP contribution < -0.4 is 5.32 Å². The van der Waals surface area contributed by atoms with E-state index >= 15 is 0 Å². The number of amides is 1. The molecule has 1 aliphatic heterocycles. The zero-order valence-electron chi connectivity index (χ0n) is 14.2. The maximum atomic E-state index is 12.2. The molecule has 1 amide bonds. The van der Waals surface area contributed by atoms with E-state index in [2.05, 4.69) is 33.4 Å². The smallest absolute Gasteiger partial charge is 0.311 e. The van der Waals surface area contributed by atoms with Crippen molar-refractivity contribution in [2.24, 2.45) is 0 Å². The van der Waals surface area contributed by atoms with Gasteiger partial charge in [0, 0.05) is 18.5 Å². The summed E-state index contributed by atoms with van der Waals surface area (Å²) < 4.78 is 4.90. The minimum Gasteiger partial charge on any atom is -0.466 e. The van der Waals surface area contributed by atoms with Crippen molar-refractivity contribution in [1.29, 1.82) is 0 Å². The SMILES string of the molecule is CCOC(=O)Cc1csc(NC(=O)CN2CCc3ccccc3C2)n1. The number of nitrogens with zero attached hydrogens (tertiary/aromatic N) is 2. The molecule has 2 heterocycles. The lowest BCUT2D eigenvalue weighted by Crippen LogP contribution is -2.37. The van der Waals surface area contributed by atoms with Crippen molar-refractivity contribution in [3.63, 3.8) is 0 Å². The second-order valence-corrected chi connectivity index (χ2v) is 6.76. The van der Waals surface area contributed by atoms with Gasteiger partial charge in [-0.1, -0.05) is 24.3 Å². The predicted molar refractivity (Wildman–Crippen MR) is 96.5 cm³/mol. The van der Waals surface area contributed by atoms with E-state index in [0.29, 0.717) is 24.0 Å². The zero-order valence-corrected chi connectivity index (χ0v) is 15.0. The highest BCUT2D eigenvalue weighted by Crippen LogP contribution is 2.19.